The van der Waals surface area contributed by atoms with Gasteiger partial charge in [-0.15, -0.1) is 11.8 Å². The molecule has 0 fully saturated rings. The Labute approximate surface area is 107 Å². The number of pyridine rings is 1. The summed E-state index contributed by atoms with van der Waals surface area (Å²) in [5.41, 5.74) is 1.26. The van der Waals surface area contributed by atoms with E-state index in [4.69, 9.17) is 10.7 Å². The molecule has 2 aromatic heterocycles. The van der Waals surface area contributed by atoms with Crippen molar-refractivity contribution >= 4 is 42.7 Å². The van der Waals surface area contributed by atoms with Crippen molar-refractivity contribution in [3.05, 3.63) is 24.5 Å². The Hall–Kier alpha value is -0.920. The Bertz CT molecular complexity index is 633. The van der Waals surface area contributed by atoms with Crippen LogP contribution in [0, 0.1) is 0 Å². The predicted molar refractivity (Wildman–Crippen MR) is 67.7 cm³/mol. The molecule has 2 rings (SSSR count). The average molecular weight is 290 g/mol. The Morgan fingerprint density at radius 2 is 2.00 bits per heavy atom. The van der Waals surface area contributed by atoms with Crippen molar-refractivity contribution in [3.8, 4) is 0 Å². The molecule has 0 unspecified atom stereocenters. The zero-order valence-electron chi connectivity index (χ0n) is 8.58. The molecule has 0 atom stereocenters. The van der Waals surface area contributed by atoms with Crippen LogP contribution in [0.3, 0.4) is 0 Å². The number of rotatable bonds is 4. The van der Waals surface area contributed by atoms with Crippen LogP contribution in [0.4, 0.5) is 0 Å². The van der Waals surface area contributed by atoms with E-state index in [2.05, 4.69) is 15.0 Å². The highest BCUT2D eigenvalue weighted by atomic mass is 35.7. The molecule has 0 aromatic carbocycles. The number of fused-ring (bicyclic) bond motifs is 1. The third kappa shape index (κ3) is 3.79. The van der Waals surface area contributed by atoms with Gasteiger partial charge in [-0.3, -0.25) is 4.98 Å². The number of nitrogens with zero attached hydrogens (tertiary/aromatic N) is 3. The first-order valence-electron chi connectivity index (χ1n) is 4.67. The first-order valence-corrected chi connectivity index (χ1v) is 8.14. The van der Waals surface area contributed by atoms with Gasteiger partial charge in [-0.25, -0.2) is 18.4 Å². The van der Waals surface area contributed by atoms with Gasteiger partial charge in [0.25, 0.3) is 0 Å². The first-order chi connectivity index (χ1) is 8.04. The highest BCUT2D eigenvalue weighted by Gasteiger charge is 2.06. The maximum atomic E-state index is 10.7. The van der Waals surface area contributed by atoms with Gasteiger partial charge in [-0.05, 0) is 12.1 Å². The molecule has 0 aliphatic heterocycles. The maximum Gasteiger partial charge on any atom is 0.233 e. The van der Waals surface area contributed by atoms with Gasteiger partial charge < -0.3 is 0 Å². The number of hydrogen-bond donors (Lipinski definition) is 0. The Balaban J connectivity index is 2.09. The molecule has 8 heteroatoms. The fourth-order valence-electron chi connectivity index (χ4n) is 1.16. The van der Waals surface area contributed by atoms with E-state index in [9.17, 15) is 8.42 Å². The minimum Gasteiger partial charge on any atom is -0.251 e. The van der Waals surface area contributed by atoms with Gasteiger partial charge in [-0.2, -0.15) is 0 Å². The second-order valence-corrected chi connectivity index (χ2v) is 7.15. The number of halogens is 1. The summed E-state index contributed by atoms with van der Waals surface area (Å²) in [4.78, 5) is 12.4. The van der Waals surface area contributed by atoms with Gasteiger partial charge >= 0.3 is 0 Å². The van der Waals surface area contributed by atoms with Crippen LogP contribution in [-0.4, -0.2) is 34.9 Å². The summed E-state index contributed by atoms with van der Waals surface area (Å²) in [6, 6.07) is 3.58. The fourth-order valence-corrected chi connectivity index (χ4v) is 3.38. The van der Waals surface area contributed by atoms with Crippen molar-refractivity contribution in [2.75, 3.05) is 11.5 Å². The van der Waals surface area contributed by atoms with Crippen LogP contribution in [0.1, 0.15) is 0 Å². The molecule has 0 aliphatic rings. The topological polar surface area (TPSA) is 72.8 Å². The summed E-state index contributed by atoms with van der Waals surface area (Å²) in [6.45, 7) is 0. The minimum atomic E-state index is -3.44. The normalized spacial score (nSPS) is 11.8. The van der Waals surface area contributed by atoms with E-state index < -0.39 is 9.05 Å². The first kappa shape index (κ1) is 12.5. The zero-order chi connectivity index (χ0) is 12.3. The molecule has 0 N–H and O–H groups in total. The van der Waals surface area contributed by atoms with E-state index >= 15 is 0 Å². The molecule has 0 aliphatic carbocycles. The van der Waals surface area contributed by atoms with Crippen molar-refractivity contribution < 1.29 is 8.42 Å². The number of thioether (sulfide) groups is 1. The highest BCUT2D eigenvalue weighted by molar-refractivity contribution is 8.14. The third-order valence-electron chi connectivity index (χ3n) is 1.88. The molecule has 0 saturated heterocycles. The standard InChI is InChI=1S/C9H8ClN3O2S2/c10-17(14,15)6-5-16-8-2-1-7-9(13-8)12-4-3-11-7/h1-4H,5-6H2. The lowest BCUT2D eigenvalue weighted by Gasteiger charge is -2.00. The molecule has 2 heterocycles. The quantitative estimate of drug-likeness (QED) is 0.630. The van der Waals surface area contributed by atoms with E-state index in [-0.39, 0.29) is 5.75 Å². The molecule has 0 bridgehead atoms. The van der Waals surface area contributed by atoms with Crippen molar-refractivity contribution in [1.29, 1.82) is 0 Å². The third-order valence-corrected chi connectivity index (χ3v) is 4.23. The number of aromatic nitrogens is 3. The summed E-state index contributed by atoms with van der Waals surface area (Å²) in [7, 11) is 1.67. The lowest BCUT2D eigenvalue weighted by Crippen LogP contribution is -2.00. The molecule has 17 heavy (non-hydrogen) atoms. The minimum absolute atomic E-state index is 0.0839. The fraction of sp³-hybridized carbons (Fsp3) is 0.222. The van der Waals surface area contributed by atoms with Crippen LogP contribution in [0.5, 0.6) is 0 Å². The van der Waals surface area contributed by atoms with E-state index in [1.165, 1.54) is 11.8 Å². The maximum absolute atomic E-state index is 10.7. The monoisotopic (exact) mass is 289 g/mol. The zero-order valence-corrected chi connectivity index (χ0v) is 11.0. The predicted octanol–water partition coefficient (Wildman–Crippen LogP) is 1.69. The average Bonchev–Trinajstić information content (AvgIpc) is 2.27. The molecular formula is C9H8ClN3O2S2. The highest BCUT2D eigenvalue weighted by Crippen LogP contribution is 2.18. The molecule has 0 amide bonds. The van der Waals surface area contributed by atoms with Crippen LogP contribution >= 0.6 is 22.4 Å². The lowest BCUT2D eigenvalue weighted by molar-refractivity contribution is 0.611. The van der Waals surface area contributed by atoms with Crippen molar-refractivity contribution in [2.24, 2.45) is 0 Å². The second-order valence-electron chi connectivity index (χ2n) is 3.14. The molecule has 2 aromatic rings. The van der Waals surface area contributed by atoms with Crippen molar-refractivity contribution in [3.63, 3.8) is 0 Å². The van der Waals surface area contributed by atoms with E-state index in [0.717, 1.165) is 0 Å². The summed E-state index contributed by atoms with van der Waals surface area (Å²) in [5, 5.41) is 0.707. The molecule has 0 spiro atoms. The summed E-state index contributed by atoms with van der Waals surface area (Å²) in [5.74, 6) is 0.282. The Kier molecular flexibility index (Phi) is 3.80. The Morgan fingerprint density at radius 3 is 2.76 bits per heavy atom. The van der Waals surface area contributed by atoms with E-state index in [1.54, 1.807) is 24.5 Å². The van der Waals surface area contributed by atoms with Crippen LogP contribution < -0.4 is 0 Å². The van der Waals surface area contributed by atoms with Gasteiger partial charge in [0.1, 0.15) is 5.52 Å². The van der Waals surface area contributed by atoms with Gasteiger partial charge in [0, 0.05) is 28.8 Å². The summed E-state index contributed by atoms with van der Waals surface area (Å²) >= 11 is 1.32. The van der Waals surface area contributed by atoms with Gasteiger partial charge in [0.15, 0.2) is 5.65 Å². The smallest absolute Gasteiger partial charge is 0.233 e. The van der Waals surface area contributed by atoms with Gasteiger partial charge in [-0.1, -0.05) is 0 Å². The number of hydrogen-bond acceptors (Lipinski definition) is 6. The van der Waals surface area contributed by atoms with Crippen LogP contribution in [0.2, 0.25) is 0 Å². The van der Waals surface area contributed by atoms with Gasteiger partial charge in [0.2, 0.25) is 9.05 Å². The van der Waals surface area contributed by atoms with Crippen molar-refractivity contribution in [2.45, 2.75) is 5.03 Å². The lowest BCUT2D eigenvalue weighted by atomic mass is 10.4. The van der Waals surface area contributed by atoms with Crippen molar-refractivity contribution in [1.82, 2.24) is 15.0 Å². The van der Waals surface area contributed by atoms with Crippen LogP contribution in [0.15, 0.2) is 29.6 Å². The van der Waals surface area contributed by atoms with Gasteiger partial charge in [0.05, 0.1) is 10.8 Å². The molecular weight excluding hydrogens is 282 g/mol. The molecule has 5 nitrogen and oxygen atoms in total. The van der Waals surface area contributed by atoms with Crippen LogP contribution in [0.25, 0.3) is 11.2 Å². The second kappa shape index (κ2) is 5.16. The molecule has 90 valence electrons. The van der Waals surface area contributed by atoms with Crippen LogP contribution in [-0.2, 0) is 9.05 Å². The van der Waals surface area contributed by atoms with E-state index in [1.807, 2.05) is 0 Å². The summed E-state index contributed by atoms with van der Waals surface area (Å²) in [6.07, 6.45) is 3.16. The van der Waals surface area contributed by atoms with E-state index in [0.29, 0.717) is 21.9 Å². The molecule has 0 radical (unpaired) electrons. The Morgan fingerprint density at radius 1 is 1.24 bits per heavy atom. The largest absolute Gasteiger partial charge is 0.251 e. The molecule has 0 saturated carbocycles. The SMILES string of the molecule is O=S(=O)(Cl)CCSc1ccc2nccnc2n1. The summed E-state index contributed by atoms with van der Waals surface area (Å²) < 4.78 is 21.5.